The van der Waals surface area contributed by atoms with Gasteiger partial charge in [-0.1, -0.05) is 0 Å². The molecule has 1 aliphatic heterocycles. The molecule has 0 aliphatic carbocycles. The zero-order valence-electron chi connectivity index (χ0n) is 12.6. The highest BCUT2D eigenvalue weighted by Crippen LogP contribution is 2.17. The molecule has 0 radical (unpaired) electrons. The van der Waals surface area contributed by atoms with Crippen LogP contribution in [0.4, 0.5) is 0 Å². The fraction of sp³-hybridized carbons (Fsp3) is 1.00. The van der Waals surface area contributed by atoms with Gasteiger partial charge in [-0.3, -0.25) is 0 Å². The summed E-state index contributed by atoms with van der Waals surface area (Å²) < 4.78 is 15.7. The van der Waals surface area contributed by atoms with Crippen molar-refractivity contribution in [1.29, 1.82) is 0 Å². The van der Waals surface area contributed by atoms with E-state index in [2.05, 4.69) is 0 Å². The molecule has 6 N–H and O–H groups in total. The van der Waals surface area contributed by atoms with Gasteiger partial charge in [0, 0.05) is 0 Å². The number of hydrogen-bond acceptors (Lipinski definition) is 9. The van der Waals surface area contributed by atoms with Crippen molar-refractivity contribution >= 4 is 0 Å². The Bertz CT molecular complexity index is 314. The van der Waals surface area contributed by atoms with E-state index in [1.54, 1.807) is 0 Å². The second kappa shape index (κ2) is 9.06. The highest BCUT2D eigenvalue weighted by Gasteiger charge is 2.38. The summed E-state index contributed by atoms with van der Waals surface area (Å²) in [4.78, 5) is 0. The van der Waals surface area contributed by atoms with Crippen molar-refractivity contribution in [2.75, 3.05) is 19.8 Å². The van der Waals surface area contributed by atoms with Gasteiger partial charge in [0.25, 0.3) is 0 Å². The van der Waals surface area contributed by atoms with Crippen LogP contribution in [0.5, 0.6) is 0 Å². The van der Waals surface area contributed by atoms with E-state index < -0.39 is 55.6 Å². The van der Waals surface area contributed by atoms with Gasteiger partial charge in [-0.15, -0.1) is 0 Å². The van der Waals surface area contributed by atoms with Gasteiger partial charge in [0.15, 0.2) is 6.29 Å². The van der Waals surface area contributed by atoms with Crippen molar-refractivity contribution in [3.63, 3.8) is 0 Å². The fourth-order valence-corrected chi connectivity index (χ4v) is 2.07. The molecule has 9 heteroatoms. The summed E-state index contributed by atoms with van der Waals surface area (Å²) in [6.45, 7) is 2.13. The molecule has 1 rings (SSSR count). The van der Waals surface area contributed by atoms with E-state index in [0.717, 1.165) is 0 Å². The van der Waals surface area contributed by atoms with Crippen molar-refractivity contribution in [2.24, 2.45) is 0 Å². The average Bonchev–Trinajstić information content (AvgIpc) is 2.48. The molecular formula is C13H26O9. The zero-order chi connectivity index (χ0) is 16.9. The molecule has 132 valence electrons. The summed E-state index contributed by atoms with van der Waals surface area (Å²) in [7, 11) is 0. The molecule has 0 spiro atoms. The molecular weight excluding hydrogens is 300 g/mol. The summed E-state index contributed by atoms with van der Waals surface area (Å²) in [5.74, 6) is 0. The van der Waals surface area contributed by atoms with Crippen LogP contribution in [0.15, 0.2) is 0 Å². The summed E-state index contributed by atoms with van der Waals surface area (Å²) in [6.07, 6.45) is -8.84. The van der Waals surface area contributed by atoms with E-state index in [9.17, 15) is 25.5 Å². The minimum atomic E-state index is -1.32. The number of ether oxygens (including phenoxy) is 3. The fourth-order valence-electron chi connectivity index (χ4n) is 2.07. The van der Waals surface area contributed by atoms with Crippen LogP contribution >= 0.6 is 0 Å². The maximum atomic E-state index is 9.74. The lowest BCUT2D eigenvalue weighted by atomic mass is 10.0. The van der Waals surface area contributed by atoms with E-state index in [4.69, 9.17) is 19.3 Å². The number of aliphatic hydroxyl groups is 6. The van der Waals surface area contributed by atoms with Gasteiger partial charge in [0.05, 0.1) is 25.9 Å². The molecule has 9 nitrogen and oxygen atoms in total. The second-order valence-electron chi connectivity index (χ2n) is 5.41. The predicted molar refractivity (Wildman–Crippen MR) is 72.8 cm³/mol. The van der Waals surface area contributed by atoms with Crippen molar-refractivity contribution in [1.82, 2.24) is 0 Å². The van der Waals surface area contributed by atoms with E-state index in [1.165, 1.54) is 13.8 Å². The first-order chi connectivity index (χ1) is 10.3. The molecule has 1 heterocycles. The largest absolute Gasteiger partial charge is 0.394 e. The molecule has 0 aromatic carbocycles. The van der Waals surface area contributed by atoms with Crippen LogP contribution in [0.3, 0.4) is 0 Å². The minimum Gasteiger partial charge on any atom is -0.394 e. The number of hydrogen-bond donors (Lipinski definition) is 6. The summed E-state index contributed by atoms with van der Waals surface area (Å²) in [6, 6.07) is 0. The molecule has 0 aromatic rings. The summed E-state index contributed by atoms with van der Waals surface area (Å²) in [5, 5.41) is 56.7. The monoisotopic (exact) mass is 326 g/mol. The molecule has 8 atom stereocenters. The van der Waals surface area contributed by atoms with Crippen LogP contribution < -0.4 is 0 Å². The van der Waals surface area contributed by atoms with Crippen molar-refractivity contribution in [3.8, 4) is 0 Å². The van der Waals surface area contributed by atoms with E-state index in [-0.39, 0.29) is 13.2 Å². The maximum Gasteiger partial charge on any atom is 0.155 e. The van der Waals surface area contributed by atoms with Gasteiger partial charge in [-0.05, 0) is 13.8 Å². The first-order valence-electron chi connectivity index (χ1n) is 7.17. The quantitative estimate of drug-likeness (QED) is 0.256. The van der Waals surface area contributed by atoms with Crippen molar-refractivity contribution < 1.29 is 44.8 Å². The zero-order valence-corrected chi connectivity index (χ0v) is 12.6. The number of aliphatic hydroxyl groups excluding tert-OH is 6. The van der Waals surface area contributed by atoms with Gasteiger partial charge in [-0.2, -0.15) is 0 Å². The number of rotatable bonds is 8. The maximum absolute atomic E-state index is 9.74. The first-order valence-corrected chi connectivity index (χ1v) is 7.17. The smallest absolute Gasteiger partial charge is 0.155 e. The Morgan fingerprint density at radius 1 is 1.14 bits per heavy atom. The lowest BCUT2D eigenvalue weighted by molar-refractivity contribution is -0.238. The van der Waals surface area contributed by atoms with Gasteiger partial charge in [0.2, 0.25) is 0 Å². The Hall–Kier alpha value is -0.360. The molecule has 0 aromatic heterocycles. The lowest BCUT2D eigenvalue weighted by Crippen LogP contribution is -2.54. The molecule has 0 unspecified atom stereocenters. The van der Waals surface area contributed by atoms with Crippen LogP contribution in [0.1, 0.15) is 13.8 Å². The molecule has 0 bridgehead atoms. The molecule has 1 saturated heterocycles. The van der Waals surface area contributed by atoms with Gasteiger partial charge >= 0.3 is 0 Å². The van der Waals surface area contributed by atoms with Gasteiger partial charge < -0.3 is 44.8 Å². The Labute approximate surface area is 128 Å². The van der Waals surface area contributed by atoms with Crippen molar-refractivity contribution in [2.45, 2.75) is 62.9 Å². The average molecular weight is 326 g/mol. The van der Waals surface area contributed by atoms with Crippen LogP contribution in [0, 0.1) is 0 Å². The van der Waals surface area contributed by atoms with Crippen molar-refractivity contribution in [3.05, 3.63) is 0 Å². The second-order valence-corrected chi connectivity index (χ2v) is 5.41. The third-order valence-corrected chi connectivity index (χ3v) is 3.52. The Kier molecular flexibility index (Phi) is 8.11. The van der Waals surface area contributed by atoms with E-state index in [1.807, 2.05) is 0 Å². The normalized spacial score (nSPS) is 34.9. The Balaban J connectivity index is 2.40. The molecule has 1 fully saturated rings. The van der Waals surface area contributed by atoms with Gasteiger partial charge in [0.1, 0.15) is 36.6 Å². The molecule has 0 amide bonds. The van der Waals surface area contributed by atoms with Crippen LogP contribution in [0.25, 0.3) is 0 Å². The Morgan fingerprint density at radius 3 is 2.32 bits per heavy atom. The van der Waals surface area contributed by atoms with Crippen LogP contribution in [-0.4, -0.2) is 99.5 Å². The highest BCUT2D eigenvalue weighted by molar-refractivity contribution is 4.86. The van der Waals surface area contributed by atoms with E-state index >= 15 is 0 Å². The Morgan fingerprint density at radius 2 is 1.77 bits per heavy atom. The summed E-state index contributed by atoms with van der Waals surface area (Å²) in [5.41, 5.74) is 0. The third kappa shape index (κ3) is 5.37. The van der Waals surface area contributed by atoms with E-state index in [0.29, 0.717) is 0 Å². The molecule has 0 saturated carbocycles. The van der Waals surface area contributed by atoms with Crippen LogP contribution in [-0.2, 0) is 14.2 Å². The van der Waals surface area contributed by atoms with Crippen LogP contribution in [0.2, 0.25) is 0 Å². The minimum absolute atomic E-state index is 0.116. The molecule has 1 aliphatic rings. The highest BCUT2D eigenvalue weighted by atomic mass is 16.7. The first kappa shape index (κ1) is 19.7. The SMILES string of the molecule is C[C@@H](OC[C@H]1OC[C@H](O)[C@@H](O)[C@@H]1O)O[C@H](CO)[C@@H](O)[C@@H](C)O. The third-order valence-electron chi connectivity index (χ3n) is 3.52. The standard InChI is InChI=1S/C13H26O9/c1-6(15)11(17)9(3-14)22-7(2)20-5-10-13(19)12(18)8(16)4-21-10/h6-19H,3-5H2,1-2H3/t6-,7+,8+,9-,10-,11+,12-,13-/m1/s1. The summed E-state index contributed by atoms with van der Waals surface area (Å²) >= 11 is 0. The van der Waals surface area contributed by atoms with Gasteiger partial charge in [-0.25, -0.2) is 0 Å². The lowest BCUT2D eigenvalue weighted by Gasteiger charge is -2.35. The molecule has 22 heavy (non-hydrogen) atoms. The topological polar surface area (TPSA) is 149 Å². The predicted octanol–water partition coefficient (Wildman–Crippen LogP) is -3.05.